The summed E-state index contributed by atoms with van der Waals surface area (Å²) in [5.74, 6) is 3.13. The third-order valence-corrected chi connectivity index (χ3v) is 5.70. The van der Waals surface area contributed by atoms with Crippen molar-refractivity contribution in [3.05, 3.63) is 12.2 Å². The lowest BCUT2D eigenvalue weighted by Crippen LogP contribution is -2.43. The number of aliphatic hydroxyl groups excluding tert-OH is 1. The smallest absolute Gasteiger partial charge is 0.0577 e. The van der Waals surface area contributed by atoms with E-state index in [1.54, 1.807) is 0 Å². The Labute approximate surface area is 119 Å². The molecule has 3 saturated carbocycles. The van der Waals surface area contributed by atoms with Crippen molar-refractivity contribution in [2.75, 3.05) is 0 Å². The molecule has 0 aromatic rings. The van der Waals surface area contributed by atoms with Crippen molar-refractivity contribution in [2.45, 2.75) is 77.7 Å². The van der Waals surface area contributed by atoms with Crippen LogP contribution in [0.4, 0.5) is 0 Å². The van der Waals surface area contributed by atoms with Crippen molar-refractivity contribution in [1.82, 2.24) is 0 Å². The highest BCUT2D eigenvalue weighted by Crippen LogP contribution is 2.51. The van der Waals surface area contributed by atoms with E-state index in [2.05, 4.69) is 6.58 Å². The van der Waals surface area contributed by atoms with Gasteiger partial charge in [0.15, 0.2) is 0 Å². The van der Waals surface area contributed by atoms with Crippen molar-refractivity contribution < 1.29 is 5.11 Å². The first kappa shape index (κ1) is 15.1. The standard InChI is InChI=1S/C16H26O.C2H6/c1-11-5-4-8-14-13-7-3-2-6-12(13)10-16(17)15(14)9-11;1-2/h12-17H,1-10H2;1-2H3/t12?,13-,14?,15-,16+;/m1./s1. The second kappa shape index (κ2) is 6.92. The number of allylic oxidation sites excluding steroid dienone is 1. The lowest BCUT2D eigenvalue weighted by Gasteiger charge is -2.47. The Morgan fingerprint density at radius 1 is 0.947 bits per heavy atom. The third kappa shape index (κ3) is 3.24. The highest BCUT2D eigenvalue weighted by atomic mass is 16.3. The van der Waals surface area contributed by atoms with Crippen LogP contribution >= 0.6 is 0 Å². The zero-order valence-corrected chi connectivity index (χ0v) is 12.9. The molecule has 0 saturated heterocycles. The SMILES string of the molecule is C=C1CCCC2[C@@H]3CCCCC3C[C@H](O)[C@@H]2C1.CC. The van der Waals surface area contributed by atoms with Gasteiger partial charge in [0.25, 0.3) is 0 Å². The van der Waals surface area contributed by atoms with E-state index >= 15 is 0 Å². The number of fused-ring (bicyclic) bond motifs is 3. The van der Waals surface area contributed by atoms with Crippen LogP contribution in [-0.2, 0) is 0 Å². The predicted octanol–water partition coefficient (Wildman–Crippen LogP) is 4.95. The van der Waals surface area contributed by atoms with Crippen LogP contribution in [0.25, 0.3) is 0 Å². The molecule has 0 bridgehead atoms. The summed E-state index contributed by atoms with van der Waals surface area (Å²) in [6.45, 7) is 8.19. The van der Waals surface area contributed by atoms with Crippen LogP contribution < -0.4 is 0 Å². The fraction of sp³-hybridized carbons (Fsp3) is 0.889. The van der Waals surface area contributed by atoms with Gasteiger partial charge in [-0.25, -0.2) is 0 Å². The van der Waals surface area contributed by atoms with Crippen molar-refractivity contribution in [3.8, 4) is 0 Å². The van der Waals surface area contributed by atoms with Gasteiger partial charge in [-0.1, -0.05) is 45.3 Å². The van der Waals surface area contributed by atoms with E-state index in [0.29, 0.717) is 5.92 Å². The van der Waals surface area contributed by atoms with Gasteiger partial charge in [-0.3, -0.25) is 0 Å². The first-order valence-electron chi connectivity index (χ1n) is 8.60. The van der Waals surface area contributed by atoms with Crippen LogP contribution in [0.2, 0.25) is 0 Å². The van der Waals surface area contributed by atoms with Crippen LogP contribution in [0.1, 0.15) is 71.6 Å². The van der Waals surface area contributed by atoms with Crippen LogP contribution in [0, 0.1) is 23.7 Å². The van der Waals surface area contributed by atoms with E-state index in [0.717, 1.165) is 30.6 Å². The first-order valence-corrected chi connectivity index (χ1v) is 8.60. The van der Waals surface area contributed by atoms with E-state index in [9.17, 15) is 5.11 Å². The lowest BCUT2D eigenvalue weighted by atomic mass is 9.59. The molecule has 1 nitrogen and oxygen atoms in total. The average Bonchev–Trinajstić information content (AvgIpc) is 2.63. The van der Waals surface area contributed by atoms with Gasteiger partial charge in [0.2, 0.25) is 0 Å². The predicted molar refractivity (Wildman–Crippen MR) is 82.0 cm³/mol. The molecule has 3 aliphatic carbocycles. The lowest BCUT2D eigenvalue weighted by molar-refractivity contribution is -0.0468. The molecular formula is C18H32O. The summed E-state index contributed by atoms with van der Waals surface area (Å²) in [5.41, 5.74) is 1.39. The fourth-order valence-electron chi connectivity index (χ4n) is 4.92. The molecule has 2 unspecified atom stereocenters. The van der Waals surface area contributed by atoms with Crippen LogP contribution in [0.5, 0.6) is 0 Å². The molecule has 0 heterocycles. The molecule has 0 aliphatic heterocycles. The summed E-state index contributed by atoms with van der Waals surface area (Å²) in [6, 6.07) is 0. The summed E-state index contributed by atoms with van der Waals surface area (Å²) < 4.78 is 0. The van der Waals surface area contributed by atoms with Crippen molar-refractivity contribution >= 4 is 0 Å². The molecule has 1 heteroatoms. The van der Waals surface area contributed by atoms with E-state index in [4.69, 9.17) is 0 Å². The fourth-order valence-corrected chi connectivity index (χ4v) is 4.92. The minimum absolute atomic E-state index is 0.0331. The van der Waals surface area contributed by atoms with Gasteiger partial charge >= 0.3 is 0 Å². The Balaban J connectivity index is 0.000000637. The second-order valence-electron chi connectivity index (χ2n) is 6.69. The van der Waals surface area contributed by atoms with E-state index in [1.807, 2.05) is 13.8 Å². The van der Waals surface area contributed by atoms with Gasteiger partial charge in [-0.2, -0.15) is 0 Å². The molecule has 0 aromatic heterocycles. The quantitative estimate of drug-likeness (QED) is 0.614. The molecule has 0 aromatic carbocycles. The number of rotatable bonds is 0. The topological polar surface area (TPSA) is 20.2 Å². The molecule has 19 heavy (non-hydrogen) atoms. The van der Waals surface area contributed by atoms with Gasteiger partial charge in [-0.05, 0) is 62.2 Å². The van der Waals surface area contributed by atoms with Crippen molar-refractivity contribution in [2.24, 2.45) is 23.7 Å². The van der Waals surface area contributed by atoms with Gasteiger partial charge in [0.05, 0.1) is 6.10 Å². The minimum Gasteiger partial charge on any atom is -0.393 e. The first-order chi connectivity index (χ1) is 9.25. The van der Waals surface area contributed by atoms with Crippen molar-refractivity contribution in [3.63, 3.8) is 0 Å². The normalized spacial score (nSPS) is 42.3. The second-order valence-corrected chi connectivity index (χ2v) is 6.69. The monoisotopic (exact) mass is 264 g/mol. The van der Waals surface area contributed by atoms with Crippen LogP contribution in [-0.4, -0.2) is 11.2 Å². The van der Waals surface area contributed by atoms with Crippen molar-refractivity contribution in [1.29, 1.82) is 0 Å². The highest BCUT2D eigenvalue weighted by Gasteiger charge is 2.44. The molecule has 5 atom stereocenters. The molecule has 3 aliphatic rings. The largest absolute Gasteiger partial charge is 0.393 e. The molecular weight excluding hydrogens is 232 g/mol. The van der Waals surface area contributed by atoms with E-state index in [1.165, 1.54) is 50.5 Å². The summed E-state index contributed by atoms with van der Waals surface area (Å²) in [7, 11) is 0. The molecule has 3 fully saturated rings. The summed E-state index contributed by atoms with van der Waals surface area (Å²) in [6.07, 6.45) is 11.7. The zero-order chi connectivity index (χ0) is 13.8. The van der Waals surface area contributed by atoms with E-state index in [-0.39, 0.29) is 6.10 Å². The van der Waals surface area contributed by atoms with E-state index < -0.39 is 0 Å². The molecule has 1 N–H and O–H groups in total. The maximum absolute atomic E-state index is 10.4. The maximum atomic E-state index is 10.4. The van der Waals surface area contributed by atoms with Crippen LogP contribution in [0.15, 0.2) is 12.2 Å². The molecule has 0 radical (unpaired) electrons. The average molecular weight is 264 g/mol. The van der Waals surface area contributed by atoms with Gasteiger partial charge in [0, 0.05) is 0 Å². The Hall–Kier alpha value is -0.300. The Kier molecular flexibility index (Phi) is 5.50. The molecule has 110 valence electrons. The summed E-state index contributed by atoms with van der Waals surface area (Å²) in [5, 5.41) is 10.4. The molecule has 3 rings (SSSR count). The Bertz CT molecular complexity index is 296. The summed E-state index contributed by atoms with van der Waals surface area (Å²) >= 11 is 0. The Morgan fingerprint density at radius 3 is 2.42 bits per heavy atom. The zero-order valence-electron chi connectivity index (χ0n) is 12.9. The number of hydrogen-bond acceptors (Lipinski definition) is 1. The molecule has 0 spiro atoms. The highest BCUT2D eigenvalue weighted by molar-refractivity contribution is 5.04. The number of aliphatic hydroxyl groups is 1. The molecule has 0 amide bonds. The third-order valence-electron chi connectivity index (χ3n) is 5.70. The number of hydrogen-bond donors (Lipinski definition) is 1. The minimum atomic E-state index is -0.0331. The summed E-state index contributed by atoms with van der Waals surface area (Å²) in [4.78, 5) is 0. The van der Waals surface area contributed by atoms with Gasteiger partial charge in [0.1, 0.15) is 0 Å². The Morgan fingerprint density at radius 2 is 1.63 bits per heavy atom. The van der Waals surface area contributed by atoms with Gasteiger partial charge in [-0.15, -0.1) is 0 Å². The van der Waals surface area contributed by atoms with Crippen LogP contribution in [0.3, 0.4) is 0 Å². The van der Waals surface area contributed by atoms with Gasteiger partial charge < -0.3 is 5.11 Å². The maximum Gasteiger partial charge on any atom is 0.0577 e.